The minimum atomic E-state index is -3.06. The van der Waals surface area contributed by atoms with Crippen LogP contribution in [0.2, 0.25) is 5.04 Å². The maximum atomic E-state index is 12.4. The van der Waals surface area contributed by atoms with E-state index in [-0.39, 0.29) is 17.1 Å². The zero-order valence-corrected chi connectivity index (χ0v) is 23.1. The molecule has 0 bridgehead atoms. The second-order valence-electron chi connectivity index (χ2n) is 11.6. The van der Waals surface area contributed by atoms with Gasteiger partial charge in [-0.1, -0.05) is 86.0 Å². The number of rotatable bonds is 8. The van der Waals surface area contributed by atoms with Crippen molar-refractivity contribution < 1.29 is 14.3 Å². The van der Waals surface area contributed by atoms with Gasteiger partial charge in [-0.3, -0.25) is 0 Å². The maximum absolute atomic E-state index is 12.4. The lowest BCUT2D eigenvalue weighted by atomic mass is 9.79. The lowest BCUT2D eigenvalue weighted by Gasteiger charge is -2.43. The predicted octanol–water partition coefficient (Wildman–Crippen LogP) is 5.67. The fraction of sp³-hybridized carbons (Fsp3) is 0.536. The highest BCUT2D eigenvalue weighted by Crippen LogP contribution is 2.43. The molecule has 0 radical (unpaired) electrons. The van der Waals surface area contributed by atoms with Crippen molar-refractivity contribution in [2.45, 2.75) is 89.4 Å². The number of nitrogens with zero attached hydrogens (tertiary/aromatic N) is 3. The minimum Gasteiger partial charge on any atom is -0.444 e. The van der Waals surface area contributed by atoms with Crippen molar-refractivity contribution in [2.24, 2.45) is 11.0 Å². The third-order valence-electron chi connectivity index (χ3n) is 7.37. The van der Waals surface area contributed by atoms with Crippen LogP contribution in [0.1, 0.15) is 66.7 Å². The second-order valence-corrected chi connectivity index (χ2v) is 15.5. The summed E-state index contributed by atoms with van der Waals surface area (Å²) in [6.45, 7) is 9.84. The smallest absolute Gasteiger partial charge is 0.407 e. The van der Waals surface area contributed by atoms with Crippen LogP contribution < -0.4 is 15.7 Å². The Bertz CT molecular complexity index is 1010. The maximum Gasteiger partial charge on any atom is 0.407 e. The molecule has 3 rings (SSSR count). The van der Waals surface area contributed by atoms with E-state index in [2.05, 4.69) is 29.2 Å². The highest BCUT2D eigenvalue weighted by molar-refractivity contribution is 6.98. The zero-order valence-electron chi connectivity index (χ0n) is 22.1. The van der Waals surface area contributed by atoms with E-state index in [1.165, 1.54) is 0 Å². The van der Waals surface area contributed by atoms with Gasteiger partial charge in [0.25, 0.3) is 8.32 Å². The summed E-state index contributed by atoms with van der Waals surface area (Å²) in [5, 5.41) is 8.63. The Morgan fingerprint density at radius 2 is 1.61 bits per heavy atom. The molecule has 0 aromatic heterocycles. The molecule has 3 atom stereocenters. The summed E-state index contributed by atoms with van der Waals surface area (Å²) in [7, 11) is -3.06. The summed E-state index contributed by atoms with van der Waals surface area (Å²) in [5.41, 5.74) is 8.56. The number of hydrogen-bond donors (Lipinski definition) is 2. The van der Waals surface area contributed by atoms with Crippen molar-refractivity contribution >= 4 is 24.8 Å². The van der Waals surface area contributed by atoms with Gasteiger partial charge in [-0.05, 0) is 73.3 Å². The Hall–Kier alpha value is -2.80. The average Bonchev–Trinajstić information content (AvgIpc) is 2.83. The van der Waals surface area contributed by atoms with Crippen molar-refractivity contribution in [1.82, 2.24) is 5.32 Å². The van der Waals surface area contributed by atoms with E-state index in [0.717, 1.165) is 36.1 Å². The summed E-state index contributed by atoms with van der Waals surface area (Å²) in [6.07, 6.45) is 3.64. The molecule has 1 saturated carbocycles. The Morgan fingerprint density at radius 1 is 1.06 bits per heavy atom. The monoisotopic (exact) mass is 508 g/mol. The van der Waals surface area contributed by atoms with Crippen molar-refractivity contribution in [3.8, 4) is 0 Å². The molecule has 36 heavy (non-hydrogen) atoms. The fourth-order valence-corrected chi connectivity index (χ4v) is 9.12. The van der Waals surface area contributed by atoms with Gasteiger partial charge in [-0.2, -0.15) is 0 Å². The summed E-state index contributed by atoms with van der Waals surface area (Å²) in [4.78, 5) is 27.7. The fourth-order valence-electron chi connectivity index (χ4n) is 5.37. The van der Waals surface area contributed by atoms with Crippen LogP contribution in [-0.4, -0.2) is 36.9 Å². The lowest BCUT2D eigenvalue weighted by Crippen LogP contribution is -2.65. The van der Waals surface area contributed by atoms with Gasteiger partial charge in [0.1, 0.15) is 5.60 Å². The van der Waals surface area contributed by atoms with Crippen molar-refractivity contribution in [2.75, 3.05) is 0 Å². The molecule has 1 aliphatic carbocycles. The van der Waals surface area contributed by atoms with Gasteiger partial charge >= 0.3 is 6.09 Å². The number of benzene rings is 2. The molecule has 8 heteroatoms. The zero-order chi connectivity index (χ0) is 26.4. The van der Waals surface area contributed by atoms with E-state index in [1.807, 2.05) is 81.4 Å². The normalized spacial score (nSPS) is 20.8. The van der Waals surface area contributed by atoms with Gasteiger partial charge in [-0.25, -0.2) is 4.79 Å². The first-order chi connectivity index (χ1) is 17.0. The topological polar surface area (TPSA) is 107 Å². The summed E-state index contributed by atoms with van der Waals surface area (Å²) in [6, 6.07) is 19.6. The number of alkyl carbamates (subject to hydrolysis) is 1. The summed E-state index contributed by atoms with van der Waals surface area (Å²) >= 11 is 0. The third-order valence-corrected chi connectivity index (χ3v) is 11.9. The highest BCUT2D eigenvalue weighted by atomic mass is 28.4. The van der Waals surface area contributed by atoms with E-state index in [4.69, 9.17) is 10.3 Å². The van der Waals surface area contributed by atoms with Crippen molar-refractivity contribution in [3.63, 3.8) is 0 Å². The van der Waals surface area contributed by atoms with Crippen LogP contribution in [0.15, 0.2) is 65.8 Å². The third kappa shape index (κ3) is 6.69. The lowest BCUT2D eigenvalue weighted by molar-refractivity contribution is 0.0477. The van der Waals surface area contributed by atoms with Crippen molar-refractivity contribution in [1.29, 1.82) is 0 Å². The summed E-state index contributed by atoms with van der Waals surface area (Å²) in [5.74, 6) is 0.348. The van der Waals surface area contributed by atoms with Crippen LogP contribution in [0.25, 0.3) is 10.4 Å². The quantitative estimate of drug-likeness (QED) is 0.207. The number of nitrogens with one attached hydrogen (secondary N) is 1. The minimum absolute atomic E-state index is 0.236. The molecule has 0 unspecified atom stereocenters. The number of amides is 1. The summed E-state index contributed by atoms with van der Waals surface area (Å²) < 4.78 is 5.40. The Kier molecular flexibility index (Phi) is 8.87. The van der Waals surface area contributed by atoms with E-state index >= 15 is 0 Å². The molecule has 2 aromatic carbocycles. The number of carbonyl (C=O) groups is 1. The molecular weight excluding hydrogens is 468 g/mol. The molecule has 0 aliphatic heterocycles. The molecule has 0 heterocycles. The van der Waals surface area contributed by atoms with E-state index < -0.39 is 20.0 Å². The predicted molar refractivity (Wildman–Crippen MR) is 147 cm³/mol. The molecule has 194 valence electrons. The second kappa shape index (κ2) is 11.5. The molecule has 7 nitrogen and oxygen atoms in total. The van der Waals surface area contributed by atoms with Crippen LogP contribution in [0.4, 0.5) is 4.79 Å². The van der Waals surface area contributed by atoms with Crippen LogP contribution in [-0.2, 0) is 4.74 Å². The SMILES string of the molecule is CC(C)(C)OC(=O)N[C@H]1CC[C@@H](CCC(C)(C)[Si](O)(c2ccccc2)c2ccccc2)C[C@@H]1N=[N+]=[N-]. The van der Waals surface area contributed by atoms with Crippen LogP contribution in [0.3, 0.4) is 0 Å². The first-order valence-electron chi connectivity index (χ1n) is 12.8. The number of ether oxygens (including phenoxy) is 1. The van der Waals surface area contributed by atoms with E-state index in [0.29, 0.717) is 12.3 Å². The van der Waals surface area contributed by atoms with Gasteiger partial charge in [-0.15, -0.1) is 0 Å². The molecule has 1 fully saturated rings. The van der Waals surface area contributed by atoms with Gasteiger partial charge in [0, 0.05) is 11.0 Å². The van der Waals surface area contributed by atoms with Crippen LogP contribution in [0.5, 0.6) is 0 Å². The Labute approximate surface area is 216 Å². The van der Waals surface area contributed by atoms with E-state index in [1.54, 1.807) is 0 Å². The Morgan fingerprint density at radius 3 is 2.11 bits per heavy atom. The molecule has 2 aromatic rings. The molecule has 0 spiro atoms. The number of hydrogen-bond acceptors (Lipinski definition) is 4. The van der Waals surface area contributed by atoms with Crippen LogP contribution in [0, 0.1) is 5.92 Å². The standard InChI is InChI=1S/C28H40N4O3Si/c1-27(2,3)35-26(33)30-24-17-16-21(20-25(24)31-32-29)18-19-28(4,5)36(34,22-12-8-6-9-13-22)23-14-10-7-11-15-23/h6-15,21,24-25,34H,16-20H2,1-5H3,(H,30,33)/t21-,24-,25-/m0/s1. The molecule has 1 amide bonds. The molecule has 2 N–H and O–H groups in total. The van der Waals surface area contributed by atoms with Gasteiger partial charge in [0.2, 0.25) is 0 Å². The van der Waals surface area contributed by atoms with Gasteiger partial charge in [0.15, 0.2) is 0 Å². The number of carbonyl (C=O) groups excluding carboxylic acids is 1. The molecule has 0 saturated heterocycles. The molecule has 1 aliphatic rings. The van der Waals surface area contributed by atoms with E-state index in [9.17, 15) is 9.59 Å². The van der Waals surface area contributed by atoms with Crippen molar-refractivity contribution in [3.05, 3.63) is 71.1 Å². The number of azide groups is 1. The van der Waals surface area contributed by atoms with Gasteiger partial charge in [0.05, 0.1) is 6.04 Å². The van der Waals surface area contributed by atoms with Crippen LogP contribution >= 0.6 is 0 Å². The largest absolute Gasteiger partial charge is 0.444 e. The first-order valence-corrected chi connectivity index (χ1v) is 14.8. The molecular formula is C28H40N4O3Si. The highest BCUT2D eigenvalue weighted by Gasteiger charge is 2.49. The van der Waals surface area contributed by atoms with Gasteiger partial charge < -0.3 is 14.8 Å². The Balaban J connectivity index is 1.73. The average molecular weight is 509 g/mol. The first kappa shape index (κ1) is 27.8.